The average Bonchev–Trinajstić information content (AvgIpc) is 2.35. The molecule has 0 radical (unpaired) electrons. The molecule has 20 heavy (non-hydrogen) atoms. The van der Waals surface area contributed by atoms with Gasteiger partial charge in [-0.3, -0.25) is 9.59 Å². The van der Waals surface area contributed by atoms with Crippen LogP contribution in [-0.2, 0) is 9.59 Å². The largest absolute Gasteiger partial charge is 0.370 e. The van der Waals surface area contributed by atoms with Crippen molar-refractivity contribution in [1.82, 2.24) is 4.90 Å². The normalized spacial score (nSPS) is 20.4. The van der Waals surface area contributed by atoms with Crippen molar-refractivity contribution in [3.05, 3.63) is 0 Å². The first-order valence-electron chi connectivity index (χ1n) is 7.22. The fourth-order valence-electron chi connectivity index (χ4n) is 2.69. The predicted octanol–water partition coefficient (Wildman–Crippen LogP) is 1.29. The number of halogens is 1. The number of primary amides is 1. The summed E-state index contributed by atoms with van der Waals surface area (Å²) in [7, 11) is 0. The number of rotatable bonds is 6. The van der Waals surface area contributed by atoms with Crippen molar-refractivity contribution in [1.29, 1.82) is 0 Å². The summed E-state index contributed by atoms with van der Waals surface area (Å²) in [6, 6.07) is -0.394. The van der Waals surface area contributed by atoms with Crippen LogP contribution in [-0.4, -0.2) is 35.8 Å². The standard InChI is InChI=1S/C14H27N3O2.ClH/c1-10(2)8-12(15)14(19)17-7-3-4-11(9-17)5-6-13(16)18;/h10-12H,3-9,15H2,1-2H3,(H2,16,18);1H/t11?,12-;/m0./s1. The molecule has 1 saturated heterocycles. The van der Waals surface area contributed by atoms with Gasteiger partial charge in [0.05, 0.1) is 6.04 Å². The van der Waals surface area contributed by atoms with E-state index in [0.29, 0.717) is 18.3 Å². The lowest BCUT2D eigenvalue weighted by atomic mass is 9.92. The molecule has 1 rings (SSSR count). The number of hydrogen-bond donors (Lipinski definition) is 2. The van der Waals surface area contributed by atoms with Crippen LogP contribution < -0.4 is 11.5 Å². The van der Waals surface area contributed by atoms with Crippen LogP contribution in [0.25, 0.3) is 0 Å². The molecule has 1 aliphatic rings. The van der Waals surface area contributed by atoms with Gasteiger partial charge >= 0.3 is 0 Å². The molecule has 2 atom stereocenters. The molecular weight excluding hydrogens is 278 g/mol. The summed E-state index contributed by atoms with van der Waals surface area (Å²) in [6.07, 6.45) is 3.96. The maximum atomic E-state index is 12.2. The van der Waals surface area contributed by atoms with Crippen LogP contribution in [0.15, 0.2) is 0 Å². The highest BCUT2D eigenvalue weighted by molar-refractivity contribution is 5.85. The van der Waals surface area contributed by atoms with Crippen LogP contribution in [0.3, 0.4) is 0 Å². The highest BCUT2D eigenvalue weighted by Gasteiger charge is 2.27. The minimum absolute atomic E-state index is 0. The zero-order chi connectivity index (χ0) is 14.4. The second-order valence-corrected chi connectivity index (χ2v) is 6.03. The summed E-state index contributed by atoms with van der Waals surface area (Å²) in [5.74, 6) is 0.600. The van der Waals surface area contributed by atoms with E-state index in [-0.39, 0.29) is 24.2 Å². The fourth-order valence-corrected chi connectivity index (χ4v) is 2.69. The van der Waals surface area contributed by atoms with E-state index in [9.17, 15) is 9.59 Å². The van der Waals surface area contributed by atoms with E-state index >= 15 is 0 Å². The Morgan fingerprint density at radius 3 is 2.55 bits per heavy atom. The van der Waals surface area contributed by atoms with E-state index in [2.05, 4.69) is 13.8 Å². The molecule has 0 spiro atoms. The molecule has 5 nitrogen and oxygen atoms in total. The molecule has 4 N–H and O–H groups in total. The number of nitrogens with zero attached hydrogens (tertiary/aromatic N) is 1. The quantitative estimate of drug-likeness (QED) is 0.775. The van der Waals surface area contributed by atoms with E-state index in [1.54, 1.807) is 0 Å². The van der Waals surface area contributed by atoms with Gasteiger partial charge in [-0.15, -0.1) is 12.4 Å². The van der Waals surface area contributed by atoms with Crippen molar-refractivity contribution in [2.45, 2.75) is 52.0 Å². The predicted molar refractivity (Wildman–Crippen MR) is 82.4 cm³/mol. The van der Waals surface area contributed by atoms with Crippen molar-refractivity contribution >= 4 is 24.2 Å². The molecule has 118 valence electrons. The zero-order valence-electron chi connectivity index (χ0n) is 12.5. The molecule has 0 aromatic rings. The Labute approximate surface area is 127 Å². The topological polar surface area (TPSA) is 89.4 Å². The van der Waals surface area contributed by atoms with Crippen molar-refractivity contribution in [3.8, 4) is 0 Å². The number of hydrogen-bond acceptors (Lipinski definition) is 3. The first kappa shape index (κ1) is 19.2. The fraction of sp³-hybridized carbons (Fsp3) is 0.857. The molecule has 0 saturated carbocycles. The summed E-state index contributed by atoms with van der Waals surface area (Å²) in [6.45, 7) is 5.65. The van der Waals surface area contributed by atoms with Crippen LogP contribution in [0.1, 0.15) is 46.0 Å². The van der Waals surface area contributed by atoms with Crippen molar-refractivity contribution in [2.24, 2.45) is 23.3 Å². The molecular formula is C14H28ClN3O2. The average molecular weight is 306 g/mol. The number of carbonyl (C=O) groups is 2. The van der Waals surface area contributed by atoms with Gasteiger partial charge in [-0.25, -0.2) is 0 Å². The van der Waals surface area contributed by atoms with Crippen molar-refractivity contribution < 1.29 is 9.59 Å². The summed E-state index contributed by atoms with van der Waals surface area (Å²) in [4.78, 5) is 24.9. The van der Waals surface area contributed by atoms with E-state index in [0.717, 1.165) is 38.8 Å². The Morgan fingerprint density at radius 2 is 2.00 bits per heavy atom. The Kier molecular flexibility index (Phi) is 8.81. The molecule has 1 unspecified atom stereocenters. The lowest BCUT2D eigenvalue weighted by Crippen LogP contribution is -2.48. The molecule has 0 bridgehead atoms. The van der Waals surface area contributed by atoms with Crippen LogP contribution >= 0.6 is 12.4 Å². The van der Waals surface area contributed by atoms with Gasteiger partial charge in [0.15, 0.2) is 0 Å². The summed E-state index contributed by atoms with van der Waals surface area (Å²) in [5.41, 5.74) is 11.1. The van der Waals surface area contributed by atoms with Crippen LogP contribution in [0, 0.1) is 11.8 Å². The first-order chi connectivity index (χ1) is 8.90. The van der Waals surface area contributed by atoms with E-state index in [1.165, 1.54) is 0 Å². The van der Waals surface area contributed by atoms with Gasteiger partial charge in [-0.1, -0.05) is 13.8 Å². The van der Waals surface area contributed by atoms with Crippen LogP contribution in [0.5, 0.6) is 0 Å². The van der Waals surface area contributed by atoms with Crippen molar-refractivity contribution in [2.75, 3.05) is 13.1 Å². The molecule has 0 aliphatic carbocycles. The zero-order valence-corrected chi connectivity index (χ0v) is 13.3. The lowest BCUT2D eigenvalue weighted by molar-refractivity contribution is -0.134. The van der Waals surface area contributed by atoms with Gasteiger partial charge in [0.2, 0.25) is 11.8 Å². The number of likely N-dealkylation sites (tertiary alicyclic amines) is 1. The molecule has 0 aromatic carbocycles. The Balaban J connectivity index is 0.00000361. The van der Waals surface area contributed by atoms with Gasteiger partial charge in [-0.2, -0.15) is 0 Å². The Hall–Kier alpha value is -0.810. The number of amides is 2. The number of piperidine rings is 1. The second-order valence-electron chi connectivity index (χ2n) is 6.03. The number of nitrogens with two attached hydrogens (primary N) is 2. The SMILES string of the molecule is CC(C)C[C@H](N)C(=O)N1CCCC(CCC(N)=O)C1.Cl. The first-order valence-corrected chi connectivity index (χ1v) is 7.22. The minimum atomic E-state index is -0.394. The summed E-state index contributed by atoms with van der Waals surface area (Å²) < 4.78 is 0. The van der Waals surface area contributed by atoms with Gasteiger partial charge in [0.1, 0.15) is 0 Å². The van der Waals surface area contributed by atoms with Gasteiger partial charge in [-0.05, 0) is 37.5 Å². The number of carbonyl (C=O) groups excluding carboxylic acids is 2. The molecule has 6 heteroatoms. The monoisotopic (exact) mass is 305 g/mol. The highest BCUT2D eigenvalue weighted by atomic mass is 35.5. The Bertz CT molecular complexity index is 324. The van der Waals surface area contributed by atoms with Crippen LogP contribution in [0.2, 0.25) is 0 Å². The summed E-state index contributed by atoms with van der Waals surface area (Å²) >= 11 is 0. The third-order valence-electron chi connectivity index (χ3n) is 3.67. The van der Waals surface area contributed by atoms with Gasteiger partial charge in [0, 0.05) is 19.5 Å². The third-order valence-corrected chi connectivity index (χ3v) is 3.67. The second kappa shape index (κ2) is 9.19. The van der Waals surface area contributed by atoms with E-state index < -0.39 is 6.04 Å². The molecule has 1 aliphatic heterocycles. The maximum absolute atomic E-state index is 12.2. The molecule has 2 amide bonds. The van der Waals surface area contributed by atoms with E-state index in [1.807, 2.05) is 4.90 Å². The van der Waals surface area contributed by atoms with E-state index in [4.69, 9.17) is 11.5 Å². The lowest BCUT2D eigenvalue weighted by Gasteiger charge is -2.34. The maximum Gasteiger partial charge on any atom is 0.239 e. The minimum Gasteiger partial charge on any atom is -0.370 e. The smallest absolute Gasteiger partial charge is 0.239 e. The summed E-state index contributed by atoms with van der Waals surface area (Å²) in [5, 5.41) is 0. The van der Waals surface area contributed by atoms with Crippen LogP contribution in [0.4, 0.5) is 0 Å². The van der Waals surface area contributed by atoms with Gasteiger partial charge in [0.25, 0.3) is 0 Å². The third kappa shape index (κ3) is 6.57. The Morgan fingerprint density at radius 1 is 1.35 bits per heavy atom. The highest BCUT2D eigenvalue weighted by Crippen LogP contribution is 2.21. The molecule has 1 fully saturated rings. The van der Waals surface area contributed by atoms with Crippen molar-refractivity contribution in [3.63, 3.8) is 0 Å². The van der Waals surface area contributed by atoms with Gasteiger partial charge < -0.3 is 16.4 Å². The molecule has 1 heterocycles. The molecule has 0 aromatic heterocycles.